The van der Waals surface area contributed by atoms with Crippen LogP contribution in [0.2, 0.25) is 5.02 Å². The number of fused-ring (bicyclic) bond motifs is 1. The van der Waals surface area contributed by atoms with Crippen molar-refractivity contribution in [2.75, 3.05) is 11.1 Å². The molecule has 0 saturated heterocycles. The quantitative estimate of drug-likeness (QED) is 0.385. The van der Waals surface area contributed by atoms with E-state index in [1.54, 1.807) is 24.3 Å². The van der Waals surface area contributed by atoms with Crippen LogP contribution in [-0.4, -0.2) is 42.1 Å². The number of benzene rings is 2. The number of phenols is 1. The van der Waals surface area contributed by atoms with Crippen molar-refractivity contribution >= 4 is 49.8 Å². The summed E-state index contributed by atoms with van der Waals surface area (Å²) in [6.45, 7) is 1.48. The molecule has 0 bridgehead atoms. The first-order valence-electron chi connectivity index (χ1n) is 10.7. The van der Waals surface area contributed by atoms with E-state index in [4.69, 9.17) is 11.6 Å². The van der Waals surface area contributed by atoms with Gasteiger partial charge in [0.05, 0.1) is 21.9 Å². The fraction of sp³-hybridized carbons (Fsp3) is 0.304. The molecule has 4 N–H and O–H groups in total. The van der Waals surface area contributed by atoms with Crippen molar-refractivity contribution < 1.29 is 23.1 Å². The topological polar surface area (TPSA) is 128 Å². The summed E-state index contributed by atoms with van der Waals surface area (Å²) in [6.07, 6.45) is 3.65. The Morgan fingerprint density at radius 3 is 2.55 bits per heavy atom. The van der Waals surface area contributed by atoms with Crippen LogP contribution in [0.25, 0.3) is 10.9 Å². The van der Waals surface area contributed by atoms with Crippen LogP contribution >= 0.6 is 11.6 Å². The van der Waals surface area contributed by atoms with Crippen molar-refractivity contribution in [2.45, 2.75) is 43.5 Å². The second kappa shape index (κ2) is 9.07. The number of carbonyl (C=O) groups is 2. The minimum absolute atomic E-state index is 0.0282. The molecule has 1 aliphatic carbocycles. The molecular formula is C23H24ClN3O5S. The number of carbonyl (C=O) groups excluding carboxylic acids is 2. The number of rotatable bonds is 6. The van der Waals surface area contributed by atoms with Crippen molar-refractivity contribution in [3.63, 3.8) is 0 Å². The van der Waals surface area contributed by atoms with Gasteiger partial charge in [-0.3, -0.25) is 9.59 Å². The van der Waals surface area contributed by atoms with E-state index in [2.05, 4.69) is 15.6 Å². The number of aromatic nitrogens is 1. The molecule has 10 heteroatoms. The molecule has 1 aromatic heterocycles. The molecule has 2 aromatic carbocycles. The third-order valence-corrected chi connectivity index (χ3v) is 7.78. The van der Waals surface area contributed by atoms with Gasteiger partial charge in [-0.05, 0) is 49.2 Å². The van der Waals surface area contributed by atoms with Gasteiger partial charge < -0.3 is 20.7 Å². The fourth-order valence-corrected chi connectivity index (χ4v) is 5.08. The molecule has 8 nitrogen and oxygen atoms in total. The maximum absolute atomic E-state index is 12.9. The number of H-pyrrole nitrogens is 1. The SMILES string of the molecule is CCS(=O)(=O)c1cc(NC(=O)c2cc3cc(Cl)ccc3[nH]2)c(O)c(C(=O)NC2CCCC2)c1. The Morgan fingerprint density at radius 1 is 1.12 bits per heavy atom. The van der Waals surface area contributed by atoms with Gasteiger partial charge in [0, 0.05) is 22.0 Å². The minimum atomic E-state index is -3.71. The Morgan fingerprint density at radius 2 is 1.85 bits per heavy atom. The number of hydrogen-bond donors (Lipinski definition) is 4. The second-order valence-corrected chi connectivity index (χ2v) is 10.8. The molecule has 0 aliphatic heterocycles. The molecule has 0 spiro atoms. The maximum Gasteiger partial charge on any atom is 0.272 e. The first-order chi connectivity index (χ1) is 15.7. The number of amides is 2. The number of anilines is 1. The average Bonchev–Trinajstić information content (AvgIpc) is 3.44. The van der Waals surface area contributed by atoms with Crippen LogP contribution in [0.15, 0.2) is 41.3 Å². The average molecular weight is 490 g/mol. The Hall–Kier alpha value is -3.04. The standard InChI is InChI=1S/C23H24ClN3O5S/c1-2-33(31,32)16-11-17(22(29)25-15-5-3-4-6-15)21(28)19(12-16)27-23(30)20-10-13-9-14(24)7-8-18(13)26-20/h7-12,15,26,28H,2-6H2,1H3,(H,25,29)(H,27,30). The van der Waals surface area contributed by atoms with Crippen molar-refractivity contribution in [3.8, 4) is 5.75 Å². The molecule has 2 amide bonds. The zero-order chi connectivity index (χ0) is 23.8. The smallest absolute Gasteiger partial charge is 0.272 e. The molecule has 0 atom stereocenters. The van der Waals surface area contributed by atoms with Gasteiger partial charge in [0.25, 0.3) is 11.8 Å². The first kappa shape index (κ1) is 23.1. The predicted molar refractivity (Wildman–Crippen MR) is 127 cm³/mol. The highest BCUT2D eigenvalue weighted by Crippen LogP contribution is 2.33. The largest absolute Gasteiger partial charge is 0.505 e. The lowest BCUT2D eigenvalue weighted by molar-refractivity contribution is 0.0933. The van der Waals surface area contributed by atoms with Gasteiger partial charge in [0.2, 0.25) is 0 Å². The summed E-state index contributed by atoms with van der Waals surface area (Å²) in [6, 6.07) is 8.99. The molecule has 0 unspecified atom stereocenters. The molecule has 0 radical (unpaired) electrons. The summed E-state index contributed by atoms with van der Waals surface area (Å²) >= 11 is 6.00. The number of hydrogen-bond acceptors (Lipinski definition) is 5. The molecule has 1 aliphatic rings. The van der Waals surface area contributed by atoms with Gasteiger partial charge in [0.15, 0.2) is 15.6 Å². The number of aromatic hydroxyl groups is 1. The third kappa shape index (κ3) is 4.84. The van der Waals surface area contributed by atoms with Gasteiger partial charge in [0.1, 0.15) is 5.69 Å². The Balaban J connectivity index is 1.70. The van der Waals surface area contributed by atoms with Crippen LogP contribution in [0, 0.1) is 0 Å². The van der Waals surface area contributed by atoms with Crippen LogP contribution < -0.4 is 10.6 Å². The van der Waals surface area contributed by atoms with Gasteiger partial charge in [-0.25, -0.2) is 8.42 Å². The summed E-state index contributed by atoms with van der Waals surface area (Å²) in [5.74, 6) is -1.88. The van der Waals surface area contributed by atoms with E-state index in [-0.39, 0.29) is 33.6 Å². The molecule has 1 saturated carbocycles. The van der Waals surface area contributed by atoms with E-state index < -0.39 is 27.4 Å². The lowest BCUT2D eigenvalue weighted by atomic mass is 10.1. The zero-order valence-electron chi connectivity index (χ0n) is 17.9. The third-order valence-electron chi connectivity index (χ3n) is 5.83. The molecule has 33 heavy (non-hydrogen) atoms. The van der Waals surface area contributed by atoms with E-state index >= 15 is 0 Å². The Labute approximate surface area is 196 Å². The number of phenolic OH excluding ortho intramolecular Hbond substituents is 1. The van der Waals surface area contributed by atoms with E-state index in [0.717, 1.165) is 43.2 Å². The van der Waals surface area contributed by atoms with E-state index in [1.165, 1.54) is 6.92 Å². The molecular weight excluding hydrogens is 466 g/mol. The van der Waals surface area contributed by atoms with Crippen LogP contribution in [0.1, 0.15) is 53.5 Å². The molecule has 1 heterocycles. The zero-order valence-corrected chi connectivity index (χ0v) is 19.5. The van der Waals surface area contributed by atoms with Crippen molar-refractivity contribution in [3.05, 3.63) is 52.7 Å². The summed E-state index contributed by atoms with van der Waals surface area (Å²) in [5.41, 5.74) is 0.512. The summed E-state index contributed by atoms with van der Waals surface area (Å²) in [4.78, 5) is 28.5. The molecule has 3 aromatic rings. The second-order valence-electron chi connectivity index (χ2n) is 8.09. The van der Waals surface area contributed by atoms with Gasteiger partial charge in [-0.2, -0.15) is 0 Å². The Kier molecular flexibility index (Phi) is 6.36. The van der Waals surface area contributed by atoms with E-state index in [9.17, 15) is 23.1 Å². The van der Waals surface area contributed by atoms with Crippen LogP contribution in [0.4, 0.5) is 5.69 Å². The Bertz CT molecular complexity index is 1340. The number of nitrogens with one attached hydrogen (secondary N) is 3. The highest BCUT2D eigenvalue weighted by Gasteiger charge is 2.25. The monoisotopic (exact) mass is 489 g/mol. The molecule has 4 rings (SSSR count). The lowest BCUT2D eigenvalue weighted by Crippen LogP contribution is -2.32. The molecule has 1 fully saturated rings. The van der Waals surface area contributed by atoms with Crippen molar-refractivity contribution in [1.29, 1.82) is 0 Å². The van der Waals surface area contributed by atoms with Crippen molar-refractivity contribution in [1.82, 2.24) is 10.3 Å². The highest BCUT2D eigenvalue weighted by molar-refractivity contribution is 7.91. The predicted octanol–water partition coefficient (Wildman–Crippen LogP) is 4.25. The maximum atomic E-state index is 12.9. The van der Waals surface area contributed by atoms with Gasteiger partial charge in [-0.1, -0.05) is 31.4 Å². The summed E-state index contributed by atoms with van der Waals surface area (Å²) in [5, 5.41) is 17.4. The lowest BCUT2D eigenvalue weighted by Gasteiger charge is -2.16. The van der Waals surface area contributed by atoms with E-state index in [1.807, 2.05) is 0 Å². The molecule has 174 valence electrons. The van der Waals surface area contributed by atoms with E-state index in [0.29, 0.717) is 10.5 Å². The van der Waals surface area contributed by atoms with Crippen LogP contribution in [-0.2, 0) is 9.84 Å². The summed E-state index contributed by atoms with van der Waals surface area (Å²) < 4.78 is 25.1. The number of sulfone groups is 1. The van der Waals surface area contributed by atoms with Crippen LogP contribution in [0.3, 0.4) is 0 Å². The highest BCUT2D eigenvalue weighted by atomic mass is 35.5. The van der Waals surface area contributed by atoms with Gasteiger partial charge >= 0.3 is 0 Å². The normalized spacial score (nSPS) is 14.5. The van der Waals surface area contributed by atoms with Crippen LogP contribution in [0.5, 0.6) is 5.75 Å². The minimum Gasteiger partial charge on any atom is -0.505 e. The number of halogens is 1. The number of aromatic amines is 1. The first-order valence-corrected chi connectivity index (χ1v) is 12.7. The van der Waals surface area contributed by atoms with Crippen molar-refractivity contribution in [2.24, 2.45) is 0 Å². The van der Waals surface area contributed by atoms with Gasteiger partial charge in [-0.15, -0.1) is 0 Å². The summed E-state index contributed by atoms with van der Waals surface area (Å²) in [7, 11) is -3.71. The fourth-order valence-electron chi connectivity index (χ4n) is 3.97.